The smallest absolute Gasteiger partial charge is 0.303 e. The summed E-state index contributed by atoms with van der Waals surface area (Å²) in [6, 6.07) is 0. The highest BCUT2D eigenvalue weighted by Crippen LogP contribution is 2.02. The molecule has 0 aromatic rings. The Bertz CT molecular complexity index is 923. The first-order chi connectivity index (χ1) is 22.3. The van der Waals surface area contributed by atoms with Gasteiger partial charge in [0, 0.05) is 71.8 Å². The molecule has 0 radical (unpaired) electrons. The van der Waals surface area contributed by atoms with Crippen LogP contribution in [-0.2, 0) is 33.6 Å². The van der Waals surface area contributed by atoms with Crippen LogP contribution in [0.15, 0.2) is 0 Å². The number of unbranched alkanes of at least 4 members (excludes halogenated alkanes) is 6. The van der Waals surface area contributed by atoms with E-state index in [-0.39, 0.29) is 75.9 Å². The Morgan fingerprint density at radius 1 is 0.574 bits per heavy atom. The number of aliphatic carboxylic acids is 1. The summed E-state index contributed by atoms with van der Waals surface area (Å²) in [6.07, 6.45) is 7.27. The first-order valence-corrected chi connectivity index (χ1v) is 16.1. The van der Waals surface area contributed by atoms with Gasteiger partial charge in [0.05, 0.1) is 6.42 Å². The van der Waals surface area contributed by atoms with Crippen molar-refractivity contribution in [3.05, 3.63) is 0 Å². The summed E-state index contributed by atoms with van der Waals surface area (Å²) < 4.78 is 0. The van der Waals surface area contributed by atoms with Crippen LogP contribution < -0.4 is 16.0 Å². The summed E-state index contributed by atoms with van der Waals surface area (Å²) in [5, 5.41) is 46.9. The average Bonchev–Trinajstić information content (AvgIpc) is 3.04. The monoisotopic (exact) mass is 676 g/mol. The molecular formula is C30H56N6O11. The van der Waals surface area contributed by atoms with E-state index in [2.05, 4.69) is 16.0 Å². The molecule has 0 aliphatic rings. The number of carbonyl (C=O) groups is 7. The van der Waals surface area contributed by atoms with Crippen LogP contribution in [0.3, 0.4) is 0 Å². The molecule has 0 spiro atoms. The van der Waals surface area contributed by atoms with Gasteiger partial charge < -0.3 is 25.9 Å². The van der Waals surface area contributed by atoms with Crippen molar-refractivity contribution in [2.45, 2.75) is 103 Å². The van der Waals surface area contributed by atoms with Gasteiger partial charge in [-0.1, -0.05) is 6.42 Å². The second-order valence-electron chi connectivity index (χ2n) is 10.8. The lowest BCUT2D eigenvalue weighted by molar-refractivity contribution is -0.166. The number of nitrogens with one attached hydrogen (secondary N) is 3. The molecule has 17 nitrogen and oxygen atoms in total. The maximum atomic E-state index is 11.7. The van der Waals surface area contributed by atoms with Crippen LogP contribution >= 0.6 is 0 Å². The number of nitrogens with zero attached hydrogens (tertiary/aromatic N) is 3. The van der Waals surface area contributed by atoms with E-state index >= 15 is 0 Å². The van der Waals surface area contributed by atoms with Crippen molar-refractivity contribution in [1.82, 2.24) is 31.1 Å². The number of carbonyl (C=O) groups excluding carboxylic acids is 6. The number of carboxylic acid groups (broad SMARTS) is 1. The first kappa shape index (κ1) is 45.5. The van der Waals surface area contributed by atoms with Crippen LogP contribution in [0.25, 0.3) is 0 Å². The van der Waals surface area contributed by atoms with E-state index < -0.39 is 17.8 Å². The van der Waals surface area contributed by atoms with Crippen molar-refractivity contribution >= 4 is 41.8 Å². The Kier molecular flexibility index (Phi) is 29.9. The van der Waals surface area contributed by atoms with Gasteiger partial charge >= 0.3 is 5.97 Å². The zero-order valence-corrected chi connectivity index (χ0v) is 27.9. The summed E-state index contributed by atoms with van der Waals surface area (Å²) >= 11 is 0. The van der Waals surface area contributed by atoms with Gasteiger partial charge in [0.2, 0.25) is 29.5 Å². The van der Waals surface area contributed by atoms with Crippen molar-refractivity contribution in [3.8, 4) is 0 Å². The van der Waals surface area contributed by atoms with Crippen molar-refractivity contribution in [2.24, 2.45) is 0 Å². The molecule has 0 aromatic heterocycles. The Morgan fingerprint density at radius 3 is 1.43 bits per heavy atom. The third kappa shape index (κ3) is 30.7. The van der Waals surface area contributed by atoms with Gasteiger partial charge in [-0.05, 0) is 65.0 Å². The molecule has 0 aromatic carbocycles. The minimum absolute atomic E-state index is 0.000362. The lowest BCUT2D eigenvalue weighted by atomic mass is 10.2. The third-order valence-corrected chi connectivity index (χ3v) is 6.58. The third-order valence-electron chi connectivity index (χ3n) is 6.58. The second-order valence-corrected chi connectivity index (χ2v) is 10.8. The molecule has 5 amide bonds. The van der Waals surface area contributed by atoms with Crippen LogP contribution in [0.5, 0.6) is 0 Å². The van der Waals surface area contributed by atoms with Crippen molar-refractivity contribution in [3.63, 3.8) is 0 Å². The minimum Gasteiger partial charge on any atom is -0.481 e. The fourth-order valence-corrected chi connectivity index (χ4v) is 3.79. The highest BCUT2D eigenvalue weighted by atomic mass is 16.5. The van der Waals surface area contributed by atoms with Crippen molar-refractivity contribution in [1.29, 1.82) is 0 Å². The molecule has 0 aliphatic heterocycles. The molecule has 272 valence electrons. The van der Waals surface area contributed by atoms with Gasteiger partial charge in [0.15, 0.2) is 0 Å². The molecule has 7 N–H and O–H groups in total. The summed E-state index contributed by atoms with van der Waals surface area (Å²) in [6.45, 7) is 3.86. The molecule has 0 unspecified atom stereocenters. The predicted octanol–water partition coefficient (Wildman–Crippen LogP) is 1.23. The molecule has 47 heavy (non-hydrogen) atoms. The fraction of sp³-hybridized carbons (Fsp3) is 0.767. The van der Waals surface area contributed by atoms with E-state index in [1.54, 1.807) is 0 Å². The summed E-state index contributed by atoms with van der Waals surface area (Å²) in [7, 11) is 1.88. The fourth-order valence-electron chi connectivity index (χ4n) is 3.79. The minimum atomic E-state index is -1.01. The van der Waals surface area contributed by atoms with Gasteiger partial charge in [-0.2, -0.15) is 0 Å². The highest BCUT2D eigenvalue weighted by Gasteiger charge is 2.13. The number of hydrogen-bond donors (Lipinski definition) is 7. The van der Waals surface area contributed by atoms with Gasteiger partial charge in [0.1, 0.15) is 6.29 Å². The molecule has 0 aliphatic carbocycles. The summed E-state index contributed by atoms with van der Waals surface area (Å²) in [5.74, 6) is -2.85. The zero-order chi connectivity index (χ0) is 35.9. The van der Waals surface area contributed by atoms with E-state index in [1.165, 1.54) is 6.92 Å². The summed E-state index contributed by atoms with van der Waals surface area (Å²) in [5.41, 5.74) is 0. The topological polar surface area (TPSA) is 246 Å². The number of rotatable bonds is 27. The largest absolute Gasteiger partial charge is 0.481 e. The summed E-state index contributed by atoms with van der Waals surface area (Å²) in [4.78, 5) is 77.0. The maximum absolute atomic E-state index is 11.7. The first-order valence-electron chi connectivity index (χ1n) is 16.1. The Morgan fingerprint density at radius 2 is 1.00 bits per heavy atom. The van der Waals surface area contributed by atoms with Crippen LogP contribution in [0.4, 0.5) is 0 Å². The Labute approximate surface area is 276 Å². The van der Waals surface area contributed by atoms with Crippen LogP contribution in [0.1, 0.15) is 103 Å². The van der Waals surface area contributed by atoms with Gasteiger partial charge in [0.25, 0.3) is 0 Å². The van der Waals surface area contributed by atoms with Crippen LogP contribution in [-0.4, -0.2) is 124 Å². The zero-order valence-electron chi connectivity index (χ0n) is 27.9. The van der Waals surface area contributed by atoms with Gasteiger partial charge in [-0.3, -0.25) is 44.4 Å². The molecule has 17 heteroatoms. The normalized spacial score (nSPS) is 10.2. The molecule has 0 rings (SSSR count). The highest BCUT2D eigenvalue weighted by molar-refractivity contribution is 5.83. The van der Waals surface area contributed by atoms with Gasteiger partial charge in [-0.25, -0.2) is 15.2 Å². The van der Waals surface area contributed by atoms with Crippen LogP contribution in [0.2, 0.25) is 0 Å². The maximum Gasteiger partial charge on any atom is 0.303 e. The molecular weight excluding hydrogens is 620 g/mol. The van der Waals surface area contributed by atoms with Gasteiger partial charge in [-0.15, -0.1) is 0 Å². The van der Waals surface area contributed by atoms with Crippen molar-refractivity contribution < 1.29 is 54.3 Å². The molecule has 0 saturated carbocycles. The molecule has 0 heterocycles. The van der Waals surface area contributed by atoms with Crippen LogP contribution in [0, 0.1) is 0 Å². The molecule has 0 fully saturated rings. The predicted molar refractivity (Wildman–Crippen MR) is 169 cm³/mol. The van der Waals surface area contributed by atoms with Crippen molar-refractivity contribution in [2.75, 3.05) is 46.3 Å². The molecule has 0 atom stereocenters. The van der Waals surface area contributed by atoms with E-state index in [9.17, 15) is 49.2 Å². The standard InChI is InChI=1S/C17H34N4O5.C13H22N2O6/c1-15(22)20(25)13-7-4-6-12-19-16(23)9-10-17(24)21(26)14-8-3-5-11-18-2;16-10-4-5-12(18)15(21)9-3-1-2-8-14-11(17)6-7-13(19)20/h18,25-26H,3-14H2,1-2H3,(H,19,23);10,21H,1-9H2,(H,14,17)(H,19,20). The number of hydrogen-bond acceptors (Lipinski definition) is 11. The Hall–Kier alpha value is -3.67. The number of hydroxylamine groups is 6. The average molecular weight is 677 g/mol. The molecule has 0 bridgehead atoms. The molecule has 0 saturated heterocycles. The van der Waals surface area contributed by atoms with E-state index in [0.29, 0.717) is 60.2 Å². The van der Waals surface area contributed by atoms with E-state index in [0.717, 1.165) is 38.6 Å². The number of aldehydes is 1. The second kappa shape index (κ2) is 31.0. The van der Waals surface area contributed by atoms with E-state index in [1.807, 2.05) is 7.05 Å². The number of amides is 5. The lowest BCUT2D eigenvalue weighted by Gasteiger charge is -2.14. The Balaban J connectivity index is 0. The SMILES string of the molecule is CNCCCCCN(O)C(=O)CCC(=O)NCCCCCN(O)C(C)=O.O=CCCC(=O)N(O)CCCCCNC(=O)CCC(=O)O. The quantitative estimate of drug-likeness (QED) is 0.0281. The number of carboxylic acids is 1. The lowest BCUT2D eigenvalue weighted by Crippen LogP contribution is -2.31. The van der Waals surface area contributed by atoms with E-state index in [4.69, 9.17) is 5.11 Å².